The molecule has 2 bridgehead atoms. The quantitative estimate of drug-likeness (QED) is 0.637. The molecule has 4 heteroatoms. The zero-order chi connectivity index (χ0) is 10.2. The summed E-state index contributed by atoms with van der Waals surface area (Å²) in [5.74, 6) is 0. The molecule has 2 unspecified atom stereocenters. The normalized spacial score (nSPS) is 34.5. The van der Waals surface area contributed by atoms with E-state index in [2.05, 4.69) is 6.42 Å². The Morgan fingerprint density at radius 1 is 1.14 bits per heavy atom. The van der Waals surface area contributed by atoms with E-state index >= 15 is 0 Å². The maximum Gasteiger partial charge on any atom is 0.401 e. The molecule has 2 aliphatic heterocycles. The van der Waals surface area contributed by atoms with E-state index in [1.165, 1.54) is 0 Å². The molecule has 14 heavy (non-hydrogen) atoms. The van der Waals surface area contributed by atoms with Crippen molar-refractivity contribution in [2.24, 2.45) is 0 Å². The number of nitrogens with zero attached hydrogens (tertiary/aromatic N) is 1. The number of alkyl halides is 3. The van der Waals surface area contributed by atoms with Crippen LogP contribution in [0.2, 0.25) is 0 Å². The van der Waals surface area contributed by atoms with Crippen molar-refractivity contribution in [3.05, 3.63) is 6.42 Å². The molecule has 0 spiro atoms. The van der Waals surface area contributed by atoms with E-state index in [1.54, 1.807) is 4.90 Å². The Bertz CT molecular complexity index is 180. The van der Waals surface area contributed by atoms with E-state index in [4.69, 9.17) is 0 Å². The molecular weight excluding hydrogens is 191 g/mol. The average Bonchev–Trinajstić information content (AvgIpc) is 1.99. The van der Waals surface area contributed by atoms with Gasteiger partial charge in [-0.15, -0.1) is 0 Å². The molecule has 0 aromatic carbocycles. The van der Waals surface area contributed by atoms with Crippen LogP contribution in [0.4, 0.5) is 13.2 Å². The molecule has 0 amide bonds. The van der Waals surface area contributed by atoms with Gasteiger partial charge in [-0.1, -0.05) is 6.42 Å². The molecule has 1 nitrogen and oxygen atoms in total. The maximum absolute atomic E-state index is 12.3. The summed E-state index contributed by atoms with van der Waals surface area (Å²) in [6.07, 6.45) is 2.76. The molecule has 2 heterocycles. The first-order chi connectivity index (χ1) is 6.56. The Labute approximate surface area is 82.3 Å². The average molecular weight is 206 g/mol. The molecule has 2 rings (SSSR count). The summed E-state index contributed by atoms with van der Waals surface area (Å²) < 4.78 is 36.9. The first-order valence-corrected chi connectivity index (χ1v) is 5.20. The highest BCUT2D eigenvalue weighted by Crippen LogP contribution is 2.35. The van der Waals surface area contributed by atoms with Gasteiger partial charge in [0.25, 0.3) is 0 Å². The van der Waals surface area contributed by atoms with E-state index in [-0.39, 0.29) is 12.1 Å². The van der Waals surface area contributed by atoms with Gasteiger partial charge in [0.15, 0.2) is 0 Å². The summed E-state index contributed by atoms with van der Waals surface area (Å²) >= 11 is 0. The minimum Gasteiger partial charge on any atom is -0.289 e. The topological polar surface area (TPSA) is 3.24 Å². The highest BCUT2D eigenvalue weighted by molar-refractivity contribution is 4.96. The molecule has 0 aromatic heterocycles. The highest BCUT2D eigenvalue weighted by Gasteiger charge is 2.40. The predicted octanol–water partition coefficient (Wildman–Crippen LogP) is 2.77. The SMILES string of the molecule is FC(F)(F)CN1C2C[CH]CC1CCC2. The van der Waals surface area contributed by atoms with Gasteiger partial charge in [0.05, 0.1) is 6.54 Å². The summed E-state index contributed by atoms with van der Waals surface area (Å²) in [7, 11) is 0. The first kappa shape index (κ1) is 10.3. The monoisotopic (exact) mass is 206 g/mol. The second kappa shape index (κ2) is 3.72. The van der Waals surface area contributed by atoms with Crippen LogP contribution in [0.25, 0.3) is 0 Å². The standard InChI is InChI=1S/C10H15F3N/c11-10(12,13)7-14-8-3-1-4-9(14)6-2-5-8/h1,8-9H,2-7H2. The first-order valence-electron chi connectivity index (χ1n) is 5.20. The smallest absolute Gasteiger partial charge is 0.289 e. The van der Waals surface area contributed by atoms with Gasteiger partial charge in [0.1, 0.15) is 0 Å². The fraction of sp³-hybridized carbons (Fsp3) is 0.900. The van der Waals surface area contributed by atoms with E-state index < -0.39 is 12.7 Å². The third-order valence-corrected chi connectivity index (χ3v) is 3.25. The van der Waals surface area contributed by atoms with Crippen LogP contribution in [0.15, 0.2) is 0 Å². The molecule has 2 saturated heterocycles. The Hall–Kier alpha value is -0.250. The molecule has 0 saturated carbocycles. The number of hydrogen-bond acceptors (Lipinski definition) is 1. The third-order valence-electron chi connectivity index (χ3n) is 3.25. The summed E-state index contributed by atoms with van der Waals surface area (Å²) in [5.41, 5.74) is 0. The molecular formula is C10H15F3N. The fourth-order valence-electron chi connectivity index (χ4n) is 2.67. The van der Waals surface area contributed by atoms with E-state index in [0.29, 0.717) is 0 Å². The van der Waals surface area contributed by atoms with Crippen LogP contribution in [-0.2, 0) is 0 Å². The van der Waals surface area contributed by atoms with Crippen LogP contribution in [0.3, 0.4) is 0 Å². The molecule has 2 fully saturated rings. The van der Waals surface area contributed by atoms with Crippen LogP contribution in [0, 0.1) is 6.42 Å². The van der Waals surface area contributed by atoms with Crippen molar-refractivity contribution in [2.75, 3.05) is 6.54 Å². The van der Waals surface area contributed by atoms with Crippen LogP contribution < -0.4 is 0 Å². The van der Waals surface area contributed by atoms with E-state index in [1.807, 2.05) is 0 Å². The molecule has 2 aliphatic rings. The van der Waals surface area contributed by atoms with Gasteiger partial charge in [0, 0.05) is 12.1 Å². The molecule has 0 aliphatic carbocycles. The van der Waals surface area contributed by atoms with Crippen LogP contribution in [0.1, 0.15) is 32.1 Å². The van der Waals surface area contributed by atoms with Crippen molar-refractivity contribution >= 4 is 0 Å². The van der Waals surface area contributed by atoms with Gasteiger partial charge >= 0.3 is 6.18 Å². The lowest BCUT2D eigenvalue weighted by atomic mass is 9.84. The van der Waals surface area contributed by atoms with E-state index in [9.17, 15) is 13.2 Å². The second-order valence-corrected chi connectivity index (χ2v) is 4.29. The van der Waals surface area contributed by atoms with Gasteiger partial charge in [-0.3, -0.25) is 4.90 Å². The van der Waals surface area contributed by atoms with E-state index in [0.717, 1.165) is 32.1 Å². The Morgan fingerprint density at radius 2 is 1.71 bits per heavy atom. The fourth-order valence-corrected chi connectivity index (χ4v) is 2.67. The van der Waals surface area contributed by atoms with Gasteiger partial charge in [0.2, 0.25) is 0 Å². The number of piperidine rings is 2. The highest BCUT2D eigenvalue weighted by atomic mass is 19.4. The minimum atomic E-state index is -4.04. The molecule has 0 aromatic rings. The van der Waals surface area contributed by atoms with Crippen LogP contribution in [-0.4, -0.2) is 29.7 Å². The second-order valence-electron chi connectivity index (χ2n) is 4.29. The Morgan fingerprint density at radius 3 is 2.21 bits per heavy atom. The molecule has 1 radical (unpaired) electrons. The van der Waals surface area contributed by atoms with Gasteiger partial charge in [-0.25, -0.2) is 0 Å². The maximum atomic E-state index is 12.3. The molecule has 2 atom stereocenters. The minimum absolute atomic E-state index is 0.157. The number of fused-ring (bicyclic) bond motifs is 2. The largest absolute Gasteiger partial charge is 0.401 e. The van der Waals surface area contributed by atoms with Gasteiger partial charge in [-0.2, -0.15) is 13.2 Å². The Kier molecular flexibility index (Phi) is 2.73. The summed E-state index contributed by atoms with van der Waals surface area (Å²) in [6, 6.07) is 0.313. The van der Waals surface area contributed by atoms with Gasteiger partial charge in [-0.05, 0) is 32.1 Å². The van der Waals surface area contributed by atoms with Crippen molar-refractivity contribution in [3.8, 4) is 0 Å². The number of rotatable bonds is 1. The lowest BCUT2D eigenvalue weighted by molar-refractivity contribution is -0.163. The summed E-state index contributed by atoms with van der Waals surface area (Å²) in [5, 5.41) is 0. The Balaban J connectivity index is 2.01. The number of halogens is 3. The molecule has 81 valence electrons. The third kappa shape index (κ3) is 2.22. The van der Waals surface area contributed by atoms with Crippen LogP contribution >= 0.6 is 0 Å². The van der Waals surface area contributed by atoms with Crippen molar-refractivity contribution in [3.63, 3.8) is 0 Å². The van der Waals surface area contributed by atoms with Crippen molar-refractivity contribution in [1.82, 2.24) is 4.90 Å². The zero-order valence-electron chi connectivity index (χ0n) is 8.06. The lowest BCUT2D eigenvalue weighted by Gasteiger charge is -2.46. The summed E-state index contributed by atoms with van der Waals surface area (Å²) in [4.78, 5) is 1.67. The van der Waals surface area contributed by atoms with Gasteiger partial charge < -0.3 is 0 Å². The number of hydrogen-bond donors (Lipinski definition) is 0. The molecule has 0 N–H and O–H groups in total. The lowest BCUT2D eigenvalue weighted by Crippen LogP contribution is -2.53. The van der Waals surface area contributed by atoms with Crippen molar-refractivity contribution in [2.45, 2.75) is 50.4 Å². The predicted molar refractivity (Wildman–Crippen MR) is 47.7 cm³/mol. The van der Waals surface area contributed by atoms with Crippen molar-refractivity contribution in [1.29, 1.82) is 0 Å². The van der Waals surface area contributed by atoms with Crippen LogP contribution in [0.5, 0.6) is 0 Å². The zero-order valence-corrected chi connectivity index (χ0v) is 8.06. The summed E-state index contributed by atoms with van der Waals surface area (Å²) in [6.45, 7) is -0.712. The van der Waals surface area contributed by atoms with Crippen molar-refractivity contribution < 1.29 is 13.2 Å².